The number of aromatic nitrogens is 3. The van der Waals surface area contributed by atoms with E-state index in [-0.39, 0.29) is 0 Å². The summed E-state index contributed by atoms with van der Waals surface area (Å²) in [7, 11) is 0. The van der Waals surface area contributed by atoms with Crippen molar-refractivity contribution in [2.75, 3.05) is 0 Å². The first-order chi connectivity index (χ1) is 12.5. The third-order valence-corrected chi connectivity index (χ3v) is 4.36. The second-order valence-electron chi connectivity index (χ2n) is 7.37. The van der Waals surface area contributed by atoms with E-state index in [0.717, 1.165) is 34.1 Å². The molecular formula is C22H22N3O. The van der Waals surface area contributed by atoms with Gasteiger partial charge in [-0.25, -0.2) is 0 Å². The molecule has 0 atom stereocenters. The Labute approximate surface area is 153 Å². The molecule has 0 bridgehead atoms. The highest BCUT2D eigenvalue weighted by Crippen LogP contribution is 2.28. The monoisotopic (exact) mass is 344 g/mol. The fourth-order valence-corrected chi connectivity index (χ4v) is 3.26. The Morgan fingerprint density at radius 3 is 2.54 bits per heavy atom. The van der Waals surface area contributed by atoms with E-state index in [1.807, 2.05) is 12.1 Å². The van der Waals surface area contributed by atoms with Crippen LogP contribution in [0.3, 0.4) is 0 Å². The van der Waals surface area contributed by atoms with Crippen LogP contribution in [-0.4, -0.2) is 15.1 Å². The van der Waals surface area contributed by atoms with Gasteiger partial charge < -0.3 is 9.51 Å². The molecule has 4 nitrogen and oxygen atoms in total. The van der Waals surface area contributed by atoms with Gasteiger partial charge in [-0.05, 0) is 55.7 Å². The van der Waals surface area contributed by atoms with Crippen LogP contribution in [-0.2, 0) is 6.42 Å². The fourth-order valence-electron chi connectivity index (χ4n) is 3.26. The SMILES string of the molecule is Cc1cc(C)cc(-c2[c]c3cc(-c4noc(CC(C)C)n4)ccc3[nH]2)c1. The maximum Gasteiger partial charge on any atom is 0.227 e. The predicted octanol–water partition coefficient (Wildman–Crippen LogP) is 5.50. The van der Waals surface area contributed by atoms with Crippen molar-refractivity contribution in [3.63, 3.8) is 0 Å². The van der Waals surface area contributed by atoms with E-state index in [2.05, 4.69) is 73.2 Å². The first-order valence-corrected chi connectivity index (χ1v) is 8.94. The lowest BCUT2D eigenvalue weighted by Gasteiger charge is -2.02. The Hall–Kier alpha value is -2.88. The fraction of sp³-hybridized carbons (Fsp3) is 0.273. The first kappa shape index (κ1) is 16.6. The van der Waals surface area contributed by atoms with Gasteiger partial charge >= 0.3 is 0 Å². The van der Waals surface area contributed by atoms with Crippen molar-refractivity contribution in [1.82, 2.24) is 15.1 Å². The molecule has 0 spiro atoms. The van der Waals surface area contributed by atoms with E-state index < -0.39 is 0 Å². The smallest absolute Gasteiger partial charge is 0.227 e. The number of hydrogen-bond donors (Lipinski definition) is 1. The highest BCUT2D eigenvalue weighted by molar-refractivity contribution is 5.88. The summed E-state index contributed by atoms with van der Waals surface area (Å²) in [6.07, 6.45) is 0.794. The molecule has 4 aromatic rings. The van der Waals surface area contributed by atoms with Gasteiger partial charge in [0.1, 0.15) is 0 Å². The number of hydrogen-bond acceptors (Lipinski definition) is 3. The van der Waals surface area contributed by atoms with E-state index in [1.54, 1.807) is 0 Å². The van der Waals surface area contributed by atoms with Crippen LogP contribution >= 0.6 is 0 Å². The average Bonchev–Trinajstić information content (AvgIpc) is 3.19. The van der Waals surface area contributed by atoms with Gasteiger partial charge in [-0.1, -0.05) is 36.2 Å². The standard InChI is InChI=1S/C22H22N3O/c1-13(2)7-21-24-22(25-26-21)16-5-6-19-18(11-16)12-20(23-19)17-9-14(3)8-15(4)10-17/h5-6,8-11,13,23H,7H2,1-4H3. The van der Waals surface area contributed by atoms with E-state index in [4.69, 9.17) is 4.52 Å². The van der Waals surface area contributed by atoms with E-state index in [9.17, 15) is 0 Å². The molecule has 0 saturated carbocycles. The summed E-state index contributed by atoms with van der Waals surface area (Å²) in [4.78, 5) is 7.97. The maximum atomic E-state index is 5.36. The van der Waals surface area contributed by atoms with Crippen LogP contribution in [0.15, 0.2) is 40.9 Å². The minimum Gasteiger partial charge on any atom is -0.354 e. The normalized spacial score (nSPS) is 11.6. The number of benzene rings is 2. The molecule has 2 aromatic carbocycles. The van der Waals surface area contributed by atoms with Gasteiger partial charge in [-0.3, -0.25) is 0 Å². The summed E-state index contributed by atoms with van der Waals surface area (Å²) in [5.74, 6) is 1.80. The van der Waals surface area contributed by atoms with Crippen molar-refractivity contribution in [3.05, 3.63) is 59.5 Å². The molecule has 0 aliphatic carbocycles. The number of nitrogens with one attached hydrogen (secondary N) is 1. The van der Waals surface area contributed by atoms with Crippen molar-refractivity contribution in [3.8, 4) is 22.6 Å². The predicted molar refractivity (Wildman–Crippen MR) is 104 cm³/mol. The minimum absolute atomic E-state index is 0.490. The van der Waals surface area contributed by atoms with Gasteiger partial charge in [0.15, 0.2) is 0 Å². The van der Waals surface area contributed by atoms with Crippen molar-refractivity contribution >= 4 is 10.9 Å². The molecule has 0 unspecified atom stereocenters. The summed E-state index contributed by atoms with van der Waals surface area (Å²) >= 11 is 0. The summed E-state index contributed by atoms with van der Waals surface area (Å²) < 4.78 is 5.36. The van der Waals surface area contributed by atoms with Gasteiger partial charge in [0.05, 0.1) is 5.69 Å². The summed E-state index contributed by atoms with van der Waals surface area (Å²) in [6.45, 7) is 8.50. The molecule has 0 aliphatic rings. The van der Waals surface area contributed by atoms with Crippen LogP contribution < -0.4 is 0 Å². The molecule has 2 heterocycles. The second-order valence-corrected chi connectivity index (χ2v) is 7.37. The van der Waals surface area contributed by atoms with Crippen LogP contribution in [0.25, 0.3) is 33.5 Å². The molecule has 4 heteroatoms. The Morgan fingerprint density at radius 2 is 1.81 bits per heavy atom. The molecule has 0 aliphatic heterocycles. The number of aryl methyl sites for hydroxylation is 2. The maximum absolute atomic E-state index is 5.36. The van der Waals surface area contributed by atoms with Crippen molar-refractivity contribution in [2.24, 2.45) is 5.92 Å². The topological polar surface area (TPSA) is 54.7 Å². The lowest BCUT2D eigenvalue weighted by molar-refractivity contribution is 0.363. The van der Waals surface area contributed by atoms with Crippen molar-refractivity contribution in [1.29, 1.82) is 0 Å². The Bertz CT molecular complexity index is 1050. The molecule has 0 amide bonds. The molecular weight excluding hydrogens is 322 g/mol. The third kappa shape index (κ3) is 3.27. The summed E-state index contributed by atoms with van der Waals surface area (Å²) in [6, 6.07) is 16.1. The largest absolute Gasteiger partial charge is 0.354 e. The molecule has 26 heavy (non-hydrogen) atoms. The molecule has 0 fully saturated rings. The van der Waals surface area contributed by atoms with Gasteiger partial charge in [-0.15, -0.1) is 0 Å². The molecule has 2 aromatic heterocycles. The van der Waals surface area contributed by atoms with Crippen LogP contribution in [0, 0.1) is 25.8 Å². The van der Waals surface area contributed by atoms with Gasteiger partial charge in [0.2, 0.25) is 11.7 Å². The van der Waals surface area contributed by atoms with Crippen LogP contribution in [0.1, 0.15) is 30.9 Å². The number of H-pyrrole nitrogens is 1. The lowest BCUT2D eigenvalue weighted by atomic mass is 10.0. The Balaban J connectivity index is 1.70. The first-order valence-electron chi connectivity index (χ1n) is 8.94. The molecule has 131 valence electrons. The zero-order valence-corrected chi connectivity index (χ0v) is 15.6. The highest BCUT2D eigenvalue weighted by atomic mass is 16.5. The van der Waals surface area contributed by atoms with Gasteiger partial charge in [0.25, 0.3) is 0 Å². The van der Waals surface area contributed by atoms with Gasteiger partial charge in [0, 0.05) is 29.0 Å². The van der Waals surface area contributed by atoms with E-state index in [0.29, 0.717) is 17.6 Å². The quantitative estimate of drug-likeness (QED) is 0.532. The lowest BCUT2D eigenvalue weighted by Crippen LogP contribution is -1.93. The molecule has 1 radical (unpaired) electrons. The summed E-state index contributed by atoms with van der Waals surface area (Å²) in [5, 5.41) is 5.14. The molecule has 4 rings (SSSR count). The Kier molecular flexibility index (Phi) is 4.11. The zero-order valence-electron chi connectivity index (χ0n) is 15.6. The van der Waals surface area contributed by atoms with Crippen molar-refractivity contribution < 1.29 is 4.52 Å². The van der Waals surface area contributed by atoms with Crippen LogP contribution in [0.4, 0.5) is 0 Å². The van der Waals surface area contributed by atoms with E-state index >= 15 is 0 Å². The number of aromatic amines is 1. The van der Waals surface area contributed by atoms with Crippen LogP contribution in [0.2, 0.25) is 0 Å². The number of nitrogens with zero attached hydrogens (tertiary/aromatic N) is 2. The average molecular weight is 344 g/mol. The van der Waals surface area contributed by atoms with Crippen LogP contribution in [0.5, 0.6) is 0 Å². The minimum atomic E-state index is 0.490. The summed E-state index contributed by atoms with van der Waals surface area (Å²) in [5.41, 5.74) is 6.64. The Morgan fingerprint density at radius 1 is 1.04 bits per heavy atom. The van der Waals surface area contributed by atoms with Crippen molar-refractivity contribution in [2.45, 2.75) is 34.1 Å². The number of fused-ring (bicyclic) bond motifs is 1. The third-order valence-electron chi connectivity index (χ3n) is 4.36. The van der Waals surface area contributed by atoms with E-state index in [1.165, 1.54) is 11.1 Å². The molecule has 0 saturated heterocycles. The zero-order chi connectivity index (χ0) is 18.3. The molecule has 1 N–H and O–H groups in total. The second kappa shape index (κ2) is 6.45. The van der Waals surface area contributed by atoms with Gasteiger partial charge in [-0.2, -0.15) is 4.98 Å². The number of rotatable bonds is 4. The highest BCUT2D eigenvalue weighted by Gasteiger charge is 2.12.